The molecule has 1 aromatic carbocycles. The molecule has 2 heterocycles. The SMILES string of the molecule is Cc1c(C(C)NC(=O)NCCNC(=O)c2ncccc2O)oc2ccc(F)cc12. The molecule has 0 radical (unpaired) electrons. The van der Waals surface area contributed by atoms with Crippen LogP contribution in [0.2, 0.25) is 0 Å². The maximum atomic E-state index is 13.4. The van der Waals surface area contributed by atoms with Crippen molar-refractivity contribution in [3.63, 3.8) is 0 Å². The van der Waals surface area contributed by atoms with Crippen LogP contribution in [0.4, 0.5) is 9.18 Å². The number of nitrogens with one attached hydrogen (secondary N) is 3. The van der Waals surface area contributed by atoms with Gasteiger partial charge in [-0.05, 0) is 44.2 Å². The van der Waals surface area contributed by atoms with Crippen molar-refractivity contribution in [3.05, 3.63) is 59.4 Å². The molecule has 1 atom stereocenters. The molecule has 0 fully saturated rings. The van der Waals surface area contributed by atoms with Crippen LogP contribution in [0.15, 0.2) is 40.9 Å². The minimum absolute atomic E-state index is 0.0811. The molecule has 0 aliphatic rings. The number of carbonyl (C=O) groups excluding carboxylic acids is 2. The van der Waals surface area contributed by atoms with Gasteiger partial charge in [-0.25, -0.2) is 14.2 Å². The van der Waals surface area contributed by atoms with Crippen molar-refractivity contribution in [2.45, 2.75) is 19.9 Å². The molecule has 0 saturated carbocycles. The molecule has 0 aliphatic carbocycles. The van der Waals surface area contributed by atoms with Crippen LogP contribution in [0.5, 0.6) is 5.75 Å². The number of amides is 3. The van der Waals surface area contributed by atoms with E-state index in [-0.39, 0.29) is 30.4 Å². The number of aryl methyl sites for hydroxylation is 1. The molecule has 1 unspecified atom stereocenters. The molecule has 29 heavy (non-hydrogen) atoms. The Morgan fingerprint density at radius 3 is 2.76 bits per heavy atom. The lowest BCUT2D eigenvalue weighted by atomic mass is 10.1. The van der Waals surface area contributed by atoms with Crippen molar-refractivity contribution in [1.82, 2.24) is 20.9 Å². The Morgan fingerprint density at radius 2 is 2.00 bits per heavy atom. The van der Waals surface area contributed by atoms with Crippen molar-refractivity contribution >= 4 is 22.9 Å². The van der Waals surface area contributed by atoms with E-state index < -0.39 is 18.0 Å². The van der Waals surface area contributed by atoms with Gasteiger partial charge in [0.2, 0.25) is 0 Å². The van der Waals surface area contributed by atoms with Crippen LogP contribution in [-0.2, 0) is 0 Å². The lowest BCUT2D eigenvalue weighted by Gasteiger charge is -2.14. The Hall–Kier alpha value is -3.62. The zero-order chi connectivity index (χ0) is 21.0. The topological polar surface area (TPSA) is 116 Å². The highest BCUT2D eigenvalue weighted by Gasteiger charge is 2.19. The van der Waals surface area contributed by atoms with Crippen molar-refractivity contribution in [2.75, 3.05) is 13.1 Å². The van der Waals surface area contributed by atoms with Gasteiger partial charge < -0.3 is 25.5 Å². The van der Waals surface area contributed by atoms with E-state index in [1.165, 1.54) is 30.5 Å². The number of furan rings is 1. The fourth-order valence-corrected chi connectivity index (χ4v) is 2.95. The smallest absolute Gasteiger partial charge is 0.315 e. The summed E-state index contributed by atoms with van der Waals surface area (Å²) in [7, 11) is 0. The highest BCUT2D eigenvalue weighted by atomic mass is 19.1. The first-order chi connectivity index (χ1) is 13.9. The lowest BCUT2D eigenvalue weighted by molar-refractivity contribution is 0.0946. The number of hydrogen-bond acceptors (Lipinski definition) is 5. The maximum Gasteiger partial charge on any atom is 0.315 e. The van der Waals surface area contributed by atoms with Crippen molar-refractivity contribution in [1.29, 1.82) is 0 Å². The quantitative estimate of drug-likeness (QED) is 0.475. The summed E-state index contributed by atoms with van der Waals surface area (Å²) in [4.78, 5) is 27.8. The average Bonchev–Trinajstić information content (AvgIpc) is 3.01. The van der Waals surface area contributed by atoms with E-state index in [1.54, 1.807) is 19.9 Å². The predicted molar refractivity (Wildman–Crippen MR) is 104 cm³/mol. The summed E-state index contributed by atoms with van der Waals surface area (Å²) in [6.07, 6.45) is 1.40. The fraction of sp³-hybridized carbons (Fsp3) is 0.250. The largest absolute Gasteiger partial charge is 0.505 e. The number of urea groups is 1. The lowest BCUT2D eigenvalue weighted by Crippen LogP contribution is -2.41. The second-order valence-electron chi connectivity index (χ2n) is 6.48. The first-order valence-electron chi connectivity index (χ1n) is 9.02. The zero-order valence-electron chi connectivity index (χ0n) is 16.0. The molecule has 0 spiro atoms. The molecule has 3 aromatic rings. The average molecular weight is 400 g/mol. The molecule has 4 N–H and O–H groups in total. The van der Waals surface area contributed by atoms with E-state index in [2.05, 4.69) is 20.9 Å². The number of carbonyl (C=O) groups is 2. The van der Waals surface area contributed by atoms with Gasteiger partial charge in [-0.2, -0.15) is 0 Å². The highest BCUT2D eigenvalue weighted by molar-refractivity contribution is 5.94. The summed E-state index contributed by atoms with van der Waals surface area (Å²) < 4.78 is 19.2. The van der Waals surface area contributed by atoms with E-state index in [0.29, 0.717) is 16.7 Å². The van der Waals surface area contributed by atoms with Gasteiger partial charge in [0, 0.05) is 30.2 Å². The van der Waals surface area contributed by atoms with Crippen molar-refractivity contribution < 1.29 is 23.5 Å². The molecule has 3 amide bonds. The number of nitrogens with zero attached hydrogens (tertiary/aromatic N) is 1. The first-order valence-corrected chi connectivity index (χ1v) is 9.02. The standard InChI is InChI=1S/C20H21FN4O4/c1-11-14-10-13(21)5-6-16(14)29-18(11)12(2)25-20(28)24-9-8-23-19(27)17-15(26)4-3-7-22-17/h3-7,10,12,26H,8-9H2,1-2H3,(H,23,27)(H2,24,25,28). The van der Waals surface area contributed by atoms with Crippen LogP contribution in [0, 0.1) is 12.7 Å². The fourth-order valence-electron chi connectivity index (χ4n) is 2.95. The van der Waals surface area contributed by atoms with Gasteiger partial charge in [-0.3, -0.25) is 4.79 Å². The number of aromatic hydroxyl groups is 1. The first kappa shape index (κ1) is 20.1. The van der Waals surface area contributed by atoms with Crippen LogP contribution in [-0.4, -0.2) is 35.1 Å². The summed E-state index contributed by atoms with van der Waals surface area (Å²) in [6, 6.07) is 6.26. The minimum atomic E-state index is -0.538. The van der Waals surface area contributed by atoms with Gasteiger partial charge in [0.1, 0.15) is 22.9 Å². The van der Waals surface area contributed by atoms with E-state index in [4.69, 9.17) is 4.42 Å². The summed E-state index contributed by atoms with van der Waals surface area (Å²) in [5.74, 6) is -0.568. The number of pyridine rings is 1. The Kier molecular flexibility index (Phi) is 5.96. The highest BCUT2D eigenvalue weighted by Crippen LogP contribution is 2.29. The molecule has 2 aromatic heterocycles. The Labute approximate surface area is 166 Å². The van der Waals surface area contributed by atoms with Crippen molar-refractivity contribution in [3.8, 4) is 5.75 Å². The number of aromatic nitrogens is 1. The Bertz CT molecular complexity index is 1050. The second-order valence-corrected chi connectivity index (χ2v) is 6.48. The zero-order valence-corrected chi connectivity index (χ0v) is 16.0. The molecule has 8 nitrogen and oxygen atoms in total. The van der Waals surface area contributed by atoms with Gasteiger partial charge in [0.15, 0.2) is 5.69 Å². The van der Waals surface area contributed by atoms with Crippen LogP contribution in [0.25, 0.3) is 11.0 Å². The molecule has 0 aliphatic heterocycles. The number of benzene rings is 1. The van der Waals surface area contributed by atoms with Gasteiger partial charge in [-0.15, -0.1) is 0 Å². The van der Waals surface area contributed by atoms with Crippen LogP contribution in [0.3, 0.4) is 0 Å². The monoisotopic (exact) mass is 400 g/mol. The number of halogens is 1. The second kappa shape index (κ2) is 8.59. The van der Waals surface area contributed by atoms with E-state index in [1.807, 2.05) is 0 Å². The summed E-state index contributed by atoms with van der Waals surface area (Å²) >= 11 is 0. The molecule has 152 valence electrons. The van der Waals surface area contributed by atoms with Gasteiger partial charge in [0.05, 0.1) is 6.04 Å². The normalized spacial score (nSPS) is 11.8. The Balaban J connectivity index is 1.49. The van der Waals surface area contributed by atoms with Crippen LogP contribution >= 0.6 is 0 Å². The third-order valence-electron chi connectivity index (χ3n) is 4.37. The third kappa shape index (κ3) is 4.63. The summed E-state index contributed by atoms with van der Waals surface area (Å²) in [6.45, 7) is 3.88. The Morgan fingerprint density at radius 1 is 1.24 bits per heavy atom. The van der Waals surface area contributed by atoms with Crippen LogP contribution in [0.1, 0.15) is 34.8 Å². The molecule has 3 rings (SSSR count). The van der Waals surface area contributed by atoms with Crippen LogP contribution < -0.4 is 16.0 Å². The molecular formula is C20H21FN4O4. The third-order valence-corrected chi connectivity index (χ3v) is 4.37. The molecule has 0 bridgehead atoms. The maximum absolute atomic E-state index is 13.4. The van der Waals surface area contributed by atoms with Gasteiger partial charge in [0.25, 0.3) is 5.91 Å². The van der Waals surface area contributed by atoms with Gasteiger partial charge in [-0.1, -0.05) is 0 Å². The van der Waals surface area contributed by atoms with Gasteiger partial charge >= 0.3 is 6.03 Å². The van der Waals surface area contributed by atoms with E-state index >= 15 is 0 Å². The minimum Gasteiger partial charge on any atom is -0.505 e. The molecule has 0 saturated heterocycles. The summed E-state index contributed by atoms with van der Waals surface area (Å²) in [5, 5.41) is 18.2. The van der Waals surface area contributed by atoms with E-state index in [0.717, 1.165) is 5.56 Å². The van der Waals surface area contributed by atoms with Crippen molar-refractivity contribution in [2.24, 2.45) is 0 Å². The van der Waals surface area contributed by atoms with E-state index in [9.17, 15) is 19.1 Å². The predicted octanol–water partition coefficient (Wildman–Crippen LogP) is 2.77. The number of fused-ring (bicyclic) bond motifs is 1. The number of rotatable bonds is 6. The molecular weight excluding hydrogens is 379 g/mol. The summed E-state index contributed by atoms with van der Waals surface area (Å²) in [5.41, 5.74) is 1.23. The number of hydrogen-bond donors (Lipinski definition) is 4. The molecule has 9 heteroatoms.